The summed E-state index contributed by atoms with van der Waals surface area (Å²) < 4.78 is 24.6. The lowest BCUT2D eigenvalue weighted by Crippen LogP contribution is -2.01. The van der Waals surface area contributed by atoms with Crippen LogP contribution in [-0.2, 0) is 11.2 Å². The van der Waals surface area contributed by atoms with E-state index in [4.69, 9.17) is 5.11 Å². The zero-order valence-corrected chi connectivity index (χ0v) is 8.32. The molecule has 0 atom stereocenters. The largest absolute Gasteiger partial charge is 0.481 e. The Labute approximate surface area is 90.7 Å². The summed E-state index contributed by atoms with van der Waals surface area (Å²) in [7, 11) is 0. The Morgan fingerprint density at radius 1 is 1.44 bits per heavy atom. The standard InChI is InChI=1S/C11H10F2O3/c12-11(13)8-2-1-7(3-4-10(15)16)9(5-8)6-14/h1-2,5-6,11H,3-4H2,(H,15,16). The van der Waals surface area contributed by atoms with Crippen molar-refractivity contribution in [1.29, 1.82) is 0 Å². The molecule has 1 rings (SSSR count). The summed E-state index contributed by atoms with van der Waals surface area (Å²) in [6, 6.07) is 3.66. The van der Waals surface area contributed by atoms with Crippen molar-refractivity contribution in [2.75, 3.05) is 0 Å². The second-order valence-electron chi connectivity index (χ2n) is 3.27. The van der Waals surface area contributed by atoms with Crippen molar-refractivity contribution in [1.82, 2.24) is 0 Å². The van der Waals surface area contributed by atoms with E-state index in [1.807, 2.05) is 0 Å². The molecule has 0 aliphatic rings. The van der Waals surface area contributed by atoms with Gasteiger partial charge in [-0.05, 0) is 18.1 Å². The number of rotatable bonds is 5. The Hall–Kier alpha value is -1.78. The number of aryl methyl sites for hydroxylation is 1. The number of carboxylic acids is 1. The molecule has 0 aliphatic carbocycles. The van der Waals surface area contributed by atoms with E-state index in [1.165, 1.54) is 12.1 Å². The number of benzene rings is 1. The van der Waals surface area contributed by atoms with E-state index in [0.717, 1.165) is 6.07 Å². The summed E-state index contributed by atoms with van der Waals surface area (Å²) in [6.45, 7) is 0. The second-order valence-corrected chi connectivity index (χ2v) is 3.27. The van der Waals surface area contributed by atoms with E-state index in [1.54, 1.807) is 0 Å². The minimum absolute atomic E-state index is 0.124. The number of carboxylic acid groups (broad SMARTS) is 1. The summed E-state index contributed by atoms with van der Waals surface area (Å²) in [5.41, 5.74) is 0.363. The molecule has 0 fully saturated rings. The van der Waals surface area contributed by atoms with Gasteiger partial charge in [0.15, 0.2) is 0 Å². The maximum atomic E-state index is 12.3. The van der Waals surface area contributed by atoms with E-state index < -0.39 is 12.4 Å². The predicted molar refractivity (Wildman–Crippen MR) is 52.7 cm³/mol. The van der Waals surface area contributed by atoms with Crippen LogP contribution in [-0.4, -0.2) is 17.4 Å². The van der Waals surface area contributed by atoms with Crippen molar-refractivity contribution in [3.05, 3.63) is 34.9 Å². The monoisotopic (exact) mass is 228 g/mol. The Bertz CT molecular complexity index is 402. The number of aldehydes is 1. The van der Waals surface area contributed by atoms with E-state index in [0.29, 0.717) is 11.8 Å². The molecule has 0 amide bonds. The van der Waals surface area contributed by atoms with Crippen molar-refractivity contribution in [3.63, 3.8) is 0 Å². The zero-order valence-electron chi connectivity index (χ0n) is 8.32. The first-order valence-corrected chi connectivity index (χ1v) is 4.62. The van der Waals surface area contributed by atoms with E-state index in [9.17, 15) is 18.4 Å². The molecule has 86 valence electrons. The molecule has 1 aromatic rings. The van der Waals surface area contributed by atoms with Gasteiger partial charge in [0, 0.05) is 17.5 Å². The maximum Gasteiger partial charge on any atom is 0.303 e. The fraction of sp³-hybridized carbons (Fsp3) is 0.273. The number of aliphatic carboxylic acids is 1. The van der Waals surface area contributed by atoms with Gasteiger partial charge in [0.1, 0.15) is 6.29 Å². The highest BCUT2D eigenvalue weighted by molar-refractivity contribution is 5.78. The van der Waals surface area contributed by atoms with E-state index in [-0.39, 0.29) is 24.0 Å². The zero-order chi connectivity index (χ0) is 12.1. The van der Waals surface area contributed by atoms with Gasteiger partial charge in [-0.25, -0.2) is 8.78 Å². The molecule has 0 unspecified atom stereocenters. The molecule has 0 bridgehead atoms. The van der Waals surface area contributed by atoms with Crippen LogP contribution in [0.15, 0.2) is 18.2 Å². The minimum Gasteiger partial charge on any atom is -0.481 e. The van der Waals surface area contributed by atoms with E-state index >= 15 is 0 Å². The average molecular weight is 228 g/mol. The number of alkyl halides is 2. The third-order valence-electron chi connectivity index (χ3n) is 2.16. The highest BCUT2D eigenvalue weighted by atomic mass is 19.3. The molecule has 3 nitrogen and oxygen atoms in total. The summed E-state index contributed by atoms with van der Waals surface area (Å²) in [5.74, 6) is -0.991. The quantitative estimate of drug-likeness (QED) is 0.787. The van der Waals surface area contributed by atoms with Crippen LogP contribution in [0.3, 0.4) is 0 Å². The fourth-order valence-electron chi connectivity index (χ4n) is 1.33. The smallest absolute Gasteiger partial charge is 0.303 e. The number of carbonyl (C=O) groups is 2. The van der Waals surface area contributed by atoms with Gasteiger partial charge < -0.3 is 5.11 Å². The van der Waals surface area contributed by atoms with Crippen LogP contribution < -0.4 is 0 Å². The average Bonchev–Trinajstić information content (AvgIpc) is 2.25. The molecule has 0 aliphatic heterocycles. The summed E-state index contributed by atoms with van der Waals surface area (Å²) >= 11 is 0. The van der Waals surface area contributed by atoms with Crippen LogP contribution in [0, 0.1) is 0 Å². The highest BCUT2D eigenvalue weighted by Crippen LogP contribution is 2.21. The van der Waals surface area contributed by atoms with Gasteiger partial charge in [-0.3, -0.25) is 9.59 Å². The fourth-order valence-corrected chi connectivity index (χ4v) is 1.33. The number of carbonyl (C=O) groups excluding carboxylic acids is 1. The summed E-state index contributed by atoms with van der Waals surface area (Å²) in [5, 5.41) is 8.47. The maximum absolute atomic E-state index is 12.3. The molecule has 1 N–H and O–H groups in total. The van der Waals surface area contributed by atoms with Gasteiger partial charge in [-0.15, -0.1) is 0 Å². The summed E-state index contributed by atoms with van der Waals surface area (Å²) in [4.78, 5) is 21.0. The summed E-state index contributed by atoms with van der Waals surface area (Å²) in [6.07, 6.45) is -2.14. The van der Waals surface area contributed by atoms with Gasteiger partial charge in [0.05, 0.1) is 0 Å². The number of hydrogen-bond acceptors (Lipinski definition) is 2. The van der Waals surface area contributed by atoms with Gasteiger partial charge >= 0.3 is 5.97 Å². The Kier molecular flexibility index (Phi) is 4.10. The highest BCUT2D eigenvalue weighted by Gasteiger charge is 2.11. The van der Waals surface area contributed by atoms with Gasteiger partial charge in [0.25, 0.3) is 6.43 Å². The third-order valence-corrected chi connectivity index (χ3v) is 2.16. The number of halogens is 2. The number of hydrogen-bond donors (Lipinski definition) is 1. The van der Waals surface area contributed by atoms with Crippen molar-refractivity contribution in [2.45, 2.75) is 19.3 Å². The molecule has 0 spiro atoms. The van der Waals surface area contributed by atoms with Gasteiger partial charge in [0.2, 0.25) is 0 Å². The predicted octanol–water partition coefficient (Wildman–Crippen LogP) is 2.45. The Morgan fingerprint density at radius 2 is 2.12 bits per heavy atom. The lowest BCUT2D eigenvalue weighted by atomic mass is 10.0. The minimum atomic E-state index is -2.63. The van der Waals surface area contributed by atoms with Crippen LogP contribution in [0.5, 0.6) is 0 Å². The molecular weight excluding hydrogens is 218 g/mol. The molecule has 0 aromatic heterocycles. The van der Waals surface area contributed by atoms with Crippen LogP contribution in [0.1, 0.15) is 34.3 Å². The molecular formula is C11H10F2O3. The Balaban J connectivity index is 2.93. The normalized spacial score (nSPS) is 10.4. The third kappa shape index (κ3) is 3.12. The van der Waals surface area contributed by atoms with Crippen molar-refractivity contribution < 1.29 is 23.5 Å². The first kappa shape index (κ1) is 12.3. The lowest BCUT2D eigenvalue weighted by molar-refractivity contribution is -0.136. The van der Waals surface area contributed by atoms with Gasteiger partial charge in [-0.2, -0.15) is 0 Å². The van der Waals surface area contributed by atoms with Crippen molar-refractivity contribution in [2.24, 2.45) is 0 Å². The molecule has 16 heavy (non-hydrogen) atoms. The molecule has 0 saturated carbocycles. The molecule has 0 radical (unpaired) electrons. The van der Waals surface area contributed by atoms with Crippen molar-refractivity contribution >= 4 is 12.3 Å². The SMILES string of the molecule is O=Cc1cc(C(F)F)ccc1CCC(=O)O. The first-order chi connectivity index (χ1) is 7.54. The first-order valence-electron chi connectivity index (χ1n) is 4.62. The van der Waals surface area contributed by atoms with Gasteiger partial charge in [-0.1, -0.05) is 12.1 Å². The molecule has 0 heterocycles. The lowest BCUT2D eigenvalue weighted by Gasteiger charge is -2.06. The topological polar surface area (TPSA) is 54.4 Å². The van der Waals surface area contributed by atoms with Crippen LogP contribution in [0.2, 0.25) is 0 Å². The second kappa shape index (κ2) is 5.34. The van der Waals surface area contributed by atoms with E-state index in [2.05, 4.69) is 0 Å². The molecule has 0 saturated heterocycles. The van der Waals surface area contributed by atoms with Crippen molar-refractivity contribution in [3.8, 4) is 0 Å². The van der Waals surface area contributed by atoms with Crippen LogP contribution in [0.4, 0.5) is 8.78 Å². The molecule has 5 heteroatoms. The molecule has 1 aromatic carbocycles. The van der Waals surface area contributed by atoms with Crippen LogP contribution >= 0.6 is 0 Å². The Morgan fingerprint density at radius 3 is 2.62 bits per heavy atom. The van der Waals surface area contributed by atoms with Crippen LogP contribution in [0.25, 0.3) is 0 Å².